The summed E-state index contributed by atoms with van der Waals surface area (Å²) in [7, 11) is 0. The van der Waals surface area contributed by atoms with E-state index in [1.54, 1.807) is 18.6 Å². The zero-order valence-corrected chi connectivity index (χ0v) is 12.8. The van der Waals surface area contributed by atoms with Crippen LogP contribution in [-0.2, 0) is 11.2 Å². The topological polar surface area (TPSA) is 59.0 Å². The lowest BCUT2D eigenvalue weighted by Gasteiger charge is -2.31. The molecule has 22 heavy (non-hydrogen) atoms. The fraction of sp³-hybridized carbons (Fsp3) is 0.412. The highest BCUT2D eigenvalue weighted by atomic mass is 16.2. The molecule has 3 rings (SSSR count). The Morgan fingerprint density at radius 2 is 2.05 bits per heavy atom. The third kappa shape index (κ3) is 3.47. The van der Waals surface area contributed by atoms with Crippen molar-refractivity contribution >= 4 is 5.91 Å². The first-order valence-electron chi connectivity index (χ1n) is 7.67. The van der Waals surface area contributed by atoms with E-state index in [4.69, 9.17) is 0 Å². The third-order valence-electron chi connectivity index (χ3n) is 4.12. The van der Waals surface area contributed by atoms with Gasteiger partial charge in [0.15, 0.2) is 0 Å². The minimum Gasteiger partial charge on any atom is -0.342 e. The molecule has 0 aromatic carbocycles. The molecule has 5 heteroatoms. The summed E-state index contributed by atoms with van der Waals surface area (Å²) in [6.45, 7) is 3.54. The lowest BCUT2D eigenvalue weighted by atomic mass is 9.93. The summed E-state index contributed by atoms with van der Waals surface area (Å²) in [5, 5.41) is 0. The molecule has 1 aliphatic heterocycles. The molecule has 1 saturated heterocycles. The van der Waals surface area contributed by atoms with Crippen molar-refractivity contribution < 1.29 is 4.79 Å². The Balaban J connectivity index is 1.56. The molecule has 0 atom stereocenters. The summed E-state index contributed by atoms with van der Waals surface area (Å²) in [5.41, 5.74) is 2.98. The quantitative estimate of drug-likeness (QED) is 0.870. The lowest BCUT2D eigenvalue weighted by molar-refractivity contribution is -0.131. The van der Waals surface area contributed by atoms with Crippen LogP contribution in [0.3, 0.4) is 0 Å². The van der Waals surface area contributed by atoms with Gasteiger partial charge in [-0.2, -0.15) is 0 Å². The molecular weight excluding hydrogens is 276 g/mol. The van der Waals surface area contributed by atoms with Gasteiger partial charge in [-0.25, -0.2) is 0 Å². The average Bonchev–Trinajstić information content (AvgIpc) is 2.56. The van der Waals surface area contributed by atoms with E-state index in [-0.39, 0.29) is 5.91 Å². The van der Waals surface area contributed by atoms with E-state index in [2.05, 4.69) is 15.0 Å². The number of amides is 1. The lowest BCUT2D eigenvalue weighted by Crippen LogP contribution is -2.39. The smallest absolute Gasteiger partial charge is 0.227 e. The Bertz CT molecular complexity index is 636. The van der Waals surface area contributed by atoms with Crippen LogP contribution in [0.15, 0.2) is 36.9 Å². The van der Waals surface area contributed by atoms with E-state index in [0.717, 1.165) is 42.9 Å². The van der Waals surface area contributed by atoms with Crippen molar-refractivity contribution in [1.29, 1.82) is 0 Å². The van der Waals surface area contributed by atoms with Gasteiger partial charge in [0, 0.05) is 43.8 Å². The second kappa shape index (κ2) is 6.64. The molecule has 3 heterocycles. The minimum absolute atomic E-state index is 0.182. The van der Waals surface area contributed by atoms with Crippen molar-refractivity contribution in [3.05, 3.63) is 53.9 Å². The first kappa shape index (κ1) is 14.6. The Morgan fingerprint density at radius 3 is 2.73 bits per heavy atom. The molecule has 0 N–H and O–H groups in total. The van der Waals surface area contributed by atoms with Crippen LogP contribution >= 0.6 is 0 Å². The molecule has 0 radical (unpaired) electrons. The van der Waals surface area contributed by atoms with Gasteiger partial charge in [0.1, 0.15) is 0 Å². The van der Waals surface area contributed by atoms with Crippen molar-refractivity contribution in [1.82, 2.24) is 19.9 Å². The van der Waals surface area contributed by atoms with Crippen LogP contribution in [0.5, 0.6) is 0 Å². The molecule has 0 saturated carbocycles. The van der Waals surface area contributed by atoms with Gasteiger partial charge in [0.25, 0.3) is 0 Å². The molecule has 1 fully saturated rings. The second-order valence-electron chi connectivity index (χ2n) is 5.78. The second-order valence-corrected chi connectivity index (χ2v) is 5.78. The number of carbonyl (C=O) groups is 1. The summed E-state index contributed by atoms with van der Waals surface area (Å²) < 4.78 is 0. The molecule has 114 valence electrons. The van der Waals surface area contributed by atoms with Gasteiger partial charge in [-0.3, -0.25) is 19.7 Å². The first-order chi connectivity index (χ1) is 10.7. The molecule has 2 aromatic heterocycles. The van der Waals surface area contributed by atoms with Gasteiger partial charge in [-0.05, 0) is 31.4 Å². The number of hydrogen-bond donors (Lipinski definition) is 0. The highest BCUT2D eigenvalue weighted by molar-refractivity contribution is 5.78. The van der Waals surface area contributed by atoms with Crippen LogP contribution in [0.4, 0.5) is 0 Å². The van der Waals surface area contributed by atoms with Crippen LogP contribution in [0.25, 0.3) is 0 Å². The van der Waals surface area contributed by atoms with Crippen LogP contribution in [0.1, 0.15) is 35.7 Å². The van der Waals surface area contributed by atoms with E-state index in [1.165, 1.54) is 0 Å². The van der Waals surface area contributed by atoms with E-state index in [9.17, 15) is 4.79 Å². The number of aromatic nitrogens is 3. The summed E-state index contributed by atoms with van der Waals surface area (Å²) in [5.74, 6) is 0.594. The van der Waals surface area contributed by atoms with Crippen LogP contribution in [0, 0.1) is 6.92 Å². The maximum absolute atomic E-state index is 12.3. The Labute approximate surface area is 130 Å². The van der Waals surface area contributed by atoms with Crippen LogP contribution in [-0.4, -0.2) is 38.8 Å². The standard InChI is InChI=1S/C17H20N4O/c1-13-10-19-12-16(20-13)15-4-7-21(8-5-15)17(22)9-14-3-2-6-18-11-14/h2-3,6,10-12,15H,4-5,7-9H2,1H3. The van der Waals surface area contributed by atoms with Gasteiger partial charge >= 0.3 is 0 Å². The zero-order valence-electron chi connectivity index (χ0n) is 12.8. The van der Waals surface area contributed by atoms with Crippen molar-refractivity contribution in [2.24, 2.45) is 0 Å². The monoisotopic (exact) mass is 296 g/mol. The summed E-state index contributed by atoms with van der Waals surface area (Å²) in [6.07, 6.45) is 9.45. The molecular formula is C17H20N4O. The normalized spacial score (nSPS) is 15.8. The SMILES string of the molecule is Cc1cncc(C2CCN(C(=O)Cc3cccnc3)CC2)n1. The maximum atomic E-state index is 12.3. The molecule has 5 nitrogen and oxygen atoms in total. The average molecular weight is 296 g/mol. The molecule has 0 bridgehead atoms. The largest absolute Gasteiger partial charge is 0.342 e. The molecule has 0 unspecified atom stereocenters. The number of carbonyl (C=O) groups excluding carboxylic acids is 1. The fourth-order valence-electron chi connectivity index (χ4n) is 2.89. The predicted molar refractivity (Wildman–Crippen MR) is 83.3 cm³/mol. The Morgan fingerprint density at radius 1 is 1.23 bits per heavy atom. The van der Waals surface area contributed by atoms with Crippen LogP contribution < -0.4 is 0 Å². The van der Waals surface area contributed by atoms with Crippen molar-refractivity contribution in [3.63, 3.8) is 0 Å². The molecule has 2 aromatic rings. The highest BCUT2D eigenvalue weighted by Crippen LogP contribution is 2.26. The number of hydrogen-bond acceptors (Lipinski definition) is 4. The number of nitrogens with zero attached hydrogens (tertiary/aromatic N) is 4. The van der Waals surface area contributed by atoms with E-state index in [0.29, 0.717) is 12.3 Å². The zero-order chi connectivity index (χ0) is 15.4. The fourth-order valence-corrected chi connectivity index (χ4v) is 2.89. The van der Waals surface area contributed by atoms with Gasteiger partial charge in [-0.1, -0.05) is 6.07 Å². The van der Waals surface area contributed by atoms with Crippen molar-refractivity contribution in [2.75, 3.05) is 13.1 Å². The number of likely N-dealkylation sites (tertiary alicyclic amines) is 1. The highest BCUT2D eigenvalue weighted by Gasteiger charge is 2.24. The molecule has 1 amide bonds. The summed E-state index contributed by atoms with van der Waals surface area (Å²) in [6, 6.07) is 3.81. The number of aryl methyl sites for hydroxylation is 1. The molecule has 0 spiro atoms. The van der Waals surface area contributed by atoms with Gasteiger partial charge in [-0.15, -0.1) is 0 Å². The van der Waals surface area contributed by atoms with Crippen molar-refractivity contribution in [2.45, 2.75) is 32.1 Å². The van der Waals surface area contributed by atoms with Gasteiger partial charge in [0.2, 0.25) is 5.91 Å². The van der Waals surface area contributed by atoms with E-state index >= 15 is 0 Å². The van der Waals surface area contributed by atoms with Crippen molar-refractivity contribution in [3.8, 4) is 0 Å². The number of pyridine rings is 1. The van der Waals surface area contributed by atoms with Crippen LogP contribution in [0.2, 0.25) is 0 Å². The maximum Gasteiger partial charge on any atom is 0.227 e. The minimum atomic E-state index is 0.182. The molecule has 1 aliphatic rings. The van der Waals surface area contributed by atoms with Gasteiger partial charge < -0.3 is 4.90 Å². The van der Waals surface area contributed by atoms with Gasteiger partial charge in [0.05, 0.1) is 17.8 Å². The van der Waals surface area contributed by atoms with E-state index < -0.39 is 0 Å². The van der Waals surface area contributed by atoms with E-state index in [1.807, 2.05) is 30.2 Å². The molecule has 0 aliphatic carbocycles. The summed E-state index contributed by atoms with van der Waals surface area (Å²) in [4.78, 5) is 27.1. The number of rotatable bonds is 3. The third-order valence-corrected chi connectivity index (χ3v) is 4.12. The first-order valence-corrected chi connectivity index (χ1v) is 7.67. The predicted octanol–water partition coefficient (Wildman–Crippen LogP) is 2.13. The Hall–Kier alpha value is -2.30. The summed E-state index contributed by atoms with van der Waals surface area (Å²) >= 11 is 0. The number of piperidine rings is 1. The Kier molecular flexibility index (Phi) is 4.42.